The second kappa shape index (κ2) is 13.3. The second-order valence-electron chi connectivity index (χ2n) is 10.8. The van der Waals surface area contributed by atoms with Crippen LogP contribution in [0.5, 0.6) is 11.5 Å². The average molecular weight is 633 g/mol. The normalized spacial score (nSPS) is 15.9. The van der Waals surface area contributed by atoms with Crippen LogP contribution in [0.25, 0.3) is 0 Å². The van der Waals surface area contributed by atoms with Gasteiger partial charge >= 0.3 is 5.69 Å². The number of hydrogen-bond acceptors (Lipinski definition) is 8. The Kier molecular flexibility index (Phi) is 8.83. The number of carbonyl (C=O) groups excluding carboxylic acids is 2. The van der Waals surface area contributed by atoms with E-state index in [1.807, 2.05) is 78.9 Å². The molecule has 2 unspecified atom stereocenters. The number of benzene rings is 4. The van der Waals surface area contributed by atoms with E-state index < -0.39 is 35.2 Å². The molecule has 4 aromatic carbocycles. The Bertz CT molecular complexity index is 1870. The molecule has 2 heterocycles. The number of amides is 2. The van der Waals surface area contributed by atoms with Gasteiger partial charge in [0.1, 0.15) is 35.0 Å². The fourth-order valence-electron chi connectivity index (χ4n) is 5.74. The number of β-lactam (4-membered cyclic amide) rings is 1. The fourth-order valence-corrected chi connectivity index (χ4v) is 5.74. The van der Waals surface area contributed by atoms with Gasteiger partial charge in [-0.3, -0.25) is 19.4 Å². The molecule has 1 aromatic heterocycles. The van der Waals surface area contributed by atoms with Gasteiger partial charge in [-0.05, 0) is 59.2 Å². The van der Waals surface area contributed by atoms with Crippen molar-refractivity contribution in [3.8, 4) is 11.5 Å². The van der Waals surface area contributed by atoms with Crippen LogP contribution < -0.4 is 20.5 Å². The summed E-state index contributed by atoms with van der Waals surface area (Å²) in [6, 6.07) is 32.4. The second-order valence-corrected chi connectivity index (χ2v) is 10.8. The third-order valence-corrected chi connectivity index (χ3v) is 8.21. The molecule has 2 atom stereocenters. The number of nitrogens with one attached hydrogen (secondary N) is 1. The Morgan fingerprint density at radius 2 is 1.32 bits per heavy atom. The zero-order chi connectivity index (χ0) is 33.0. The number of hydrogen-bond donors (Lipinski definition) is 2. The molecule has 0 bridgehead atoms. The van der Waals surface area contributed by atoms with E-state index in [2.05, 4.69) is 10.3 Å². The highest BCUT2D eigenvalue weighted by molar-refractivity contribution is 6.03. The minimum atomic E-state index is -1.21. The Labute approximate surface area is 270 Å². The van der Waals surface area contributed by atoms with Crippen LogP contribution in [0.4, 0.5) is 5.82 Å². The van der Waals surface area contributed by atoms with Crippen LogP contribution in [0, 0.1) is 0 Å². The smallest absolute Gasteiger partial charge is 0.350 e. The van der Waals surface area contributed by atoms with Crippen molar-refractivity contribution in [2.24, 2.45) is 0 Å². The predicted octanol–water partition coefficient (Wildman–Crippen LogP) is 4.66. The van der Waals surface area contributed by atoms with Gasteiger partial charge in [0.2, 0.25) is 0 Å². The Morgan fingerprint density at radius 3 is 1.85 bits per heavy atom. The number of ether oxygens (including phenoxy) is 3. The lowest BCUT2D eigenvalue weighted by atomic mass is 9.79. The highest BCUT2D eigenvalue weighted by atomic mass is 16.5. The molecule has 1 aliphatic heterocycles. The summed E-state index contributed by atoms with van der Waals surface area (Å²) < 4.78 is 18.8. The topological polar surface area (TPSA) is 132 Å². The van der Waals surface area contributed by atoms with Crippen molar-refractivity contribution in [2.75, 3.05) is 26.1 Å². The molecule has 1 saturated heterocycles. The van der Waals surface area contributed by atoms with Crippen molar-refractivity contribution in [1.82, 2.24) is 14.6 Å². The van der Waals surface area contributed by atoms with Gasteiger partial charge in [0, 0.05) is 11.8 Å². The summed E-state index contributed by atoms with van der Waals surface area (Å²) in [5.41, 5.74) is 0.735. The summed E-state index contributed by atoms with van der Waals surface area (Å²) in [6.07, 6.45) is 1.37. The van der Waals surface area contributed by atoms with E-state index in [1.54, 1.807) is 44.6 Å². The van der Waals surface area contributed by atoms with E-state index in [0.717, 1.165) is 21.3 Å². The molecule has 238 valence electrons. The maximum Gasteiger partial charge on any atom is 0.350 e. The maximum absolute atomic E-state index is 13.2. The Morgan fingerprint density at radius 1 is 0.787 bits per heavy atom. The number of methoxy groups -OCH3 is 2. The predicted molar refractivity (Wildman–Crippen MR) is 173 cm³/mol. The third-order valence-electron chi connectivity index (χ3n) is 8.21. The van der Waals surface area contributed by atoms with Crippen molar-refractivity contribution in [2.45, 2.75) is 17.7 Å². The zero-order valence-corrected chi connectivity index (χ0v) is 25.6. The minimum Gasteiger partial charge on any atom is -0.497 e. The Balaban J connectivity index is 1.34. The first-order valence-electron chi connectivity index (χ1n) is 14.8. The van der Waals surface area contributed by atoms with E-state index in [0.29, 0.717) is 22.1 Å². The molecule has 0 spiro atoms. The lowest BCUT2D eigenvalue weighted by molar-refractivity contribution is -0.226. The number of rotatable bonds is 11. The summed E-state index contributed by atoms with van der Waals surface area (Å²) >= 11 is 0. The Hall–Kier alpha value is -5.78. The van der Waals surface area contributed by atoms with Crippen molar-refractivity contribution in [3.05, 3.63) is 154 Å². The van der Waals surface area contributed by atoms with E-state index in [1.165, 1.54) is 12.3 Å². The highest BCUT2D eigenvalue weighted by Crippen LogP contribution is 2.43. The molecule has 11 heteroatoms. The highest BCUT2D eigenvalue weighted by Gasteiger charge is 2.51. The molecular weight excluding hydrogens is 600 g/mol. The maximum atomic E-state index is 13.2. The average Bonchev–Trinajstić information content (AvgIpc) is 3.13. The molecule has 0 radical (unpaired) electrons. The number of aromatic nitrogens is 2. The van der Waals surface area contributed by atoms with Crippen LogP contribution in [0.15, 0.2) is 126 Å². The lowest BCUT2D eigenvalue weighted by Gasteiger charge is -2.45. The summed E-state index contributed by atoms with van der Waals surface area (Å²) in [7, 11) is 3.17. The minimum absolute atomic E-state index is 0.0302. The van der Waals surface area contributed by atoms with E-state index >= 15 is 0 Å². The molecule has 11 nitrogen and oxygen atoms in total. The van der Waals surface area contributed by atoms with Crippen molar-refractivity contribution in [3.63, 3.8) is 0 Å². The summed E-state index contributed by atoms with van der Waals surface area (Å²) in [5, 5.41) is 13.9. The quantitative estimate of drug-likeness (QED) is 0.122. The molecule has 0 saturated carbocycles. The van der Waals surface area contributed by atoms with Gasteiger partial charge in [-0.1, -0.05) is 72.8 Å². The summed E-state index contributed by atoms with van der Waals surface area (Å²) in [4.78, 5) is 42.7. The van der Waals surface area contributed by atoms with Crippen LogP contribution in [0.3, 0.4) is 0 Å². The first-order chi connectivity index (χ1) is 22.8. The van der Waals surface area contributed by atoms with Crippen LogP contribution in [-0.2, 0) is 15.1 Å². The third kappa shape index (κ3) is 5.97. The molecule has 2 N–H and O–H groups in total. The van der Waals surface area contributed by atoms with Crippen molar-refractivity contribution < 1.29 is 29.0 Å². The zero-order valence-electron chi connectivity index (χ0n) is 25.6. The van der Waals surface area contributed by atoms with Gasteiger partial charge in [0.15, 0.2) is 0 Å². The molecule has 1 fully saturated rings. The molecule has 47 heavy (non-hydrogen) atoms. The van der Waals surface area contributed by atoms with E-state index in [4.69, 9.17) is 14.2 Å². The van der Waals surface area contributed by atoms with E-state index in [9.17, 15) is 19.6 Å². The van der Waals surface area contributed by atoms with Crippen LogP contribution in [0.1, 0.15) is 33.1 Å². The van der Waals surface area contributed by atoms with Gasteiger partial charge in [-0.15, -0.1) is 0 Å². The molecule has 1 aliphatic rings. The number of hydroxylamine groups is 2. The largest absolute Gasteiger partial charge is 0.497 e. The van der Waals surface area contributed by atoms with Crippen LogP contribution in [0.2, 0.25) is 0 Å². The van der Waals surface area contributed by atoms with Gasteiger partial charge in [-0.2, -0.15) is 4.98 Å². The molecule has 0 aliphatic carbocycles. The van der Waals surface area contributed by atoms with Crippen molar-refractivity contribution >= 4 is 17.6 Å². The van der Waals surface area contributed by atoms with Crippen molar-refractivity contribution in [1.29, 1.82) is 0 Å². The number of anilines is 1. The number of carbonyl (C=O) groups is 2. The van der Waals surface area contributed by atoms with Crippen LogP contribution >= 0.6 is 0 Å². The molecular formula is C36H32N4O7. The fraction of sp³-hybridized carbons (Fsp3) is 0.167. The van der Waals surface area contributed by atoms with Crippen LogP contribution in [-0.4, -0.2) is 58.5 Å². The molecule has 6 rings (SSSR count). The standard InChI is InChI=1S/C36H32N4O7/c1-45-28-17-13-26(14-18-28)36(25-11-7-4-8-12-25,27-15-19-29(46-2)20-16-27)47-23-30-32(34(42)40(30)44)39-22-21-31(38-35(39)43)37-33(41)24-9-5-3-6-10-24/h3-22,30,32,44H,23H2,1-2H3,(H,37,38,41,43). The van der Waals surface area contributed by atoms with E-state index in [-0.39, 0.29) is 12.4 Å². The summed E-state index contributed by atoms with van der Waals surface area (Å²) in [5.74, 6) is 0.223. The molecule has 5 aromatic rings. The van der Waals surface area contributed by atoms with Gasteiger partial charge < -0.3 is 19.5 Å². The number of nitrogens with zero attached hydrogens (tertiary/aromatic N) is 3. The summed E-state index contributed by atoms with van der Waals surface area (Å²) in [6.45, 7) is -0.168. The monoisotopic (exact) mass is 632 g/mol. The lowest BCUT2D eigenvalue weighted by Crippen LogP contribution is -2.63. The first-order valence-corrected chi connectivity index (χ1v) is 14.8. The SMILES string of the molecule is COc1ccc(C(OCC2C(n3ccc(NC(=O)c4ccccc4)nc3=O)C(=O)N2O)(c2ccccc2)c2ccc(OC)cc2)cc1. The molecule has 2 amide bonds. The van der Waals surface area contributed by atoms with Gasteiger partial charge in [-0.25, -0.2) is 9.86 Å². The van der Waals surface area contributed by atoms with Gasteiger partial charge in [0.25, 0.3) is 11.8 Å². The van der Waals surface area contributed by atoms with Gasteiger partial charge in [0.05, 0.1) is 20.8 Å². The first kappa shape index (κ1) is 31.2.